The van der Waals surface area contributed by atoms with Gasteiger partial charge in [-0.25, -0.2) is 0 Å². The Morgan fingerprint density at radius 2 is 1.96 bits per heavy atom. The van der Waals surface area contributed by atoms with E-state index in [0.29, 0.717) is 6.42 Å². The summed E-state index contributed by atoms with van der Waals surface area (Å²) in [6, 6.07) is 14.1. The van der Waals surface area contributed by atoms with Crippen LogP contribution in [0, 0.1) is 6.92 Å². The van der Waals surface area contributed by atoms with Crippen molar-refractivity contribution in [2.45, 2.75) is 13.3 Å². The molecule has 2 N–H and O–H groups in total. The summed E-state index contributed by atoms with van der Waals surface area (Å²) in [6.07, 6.45) is 2.29. The number of nitrogens with zero attached hydrogens (tertiary/aromatic N) is 1. The number of para-hydroxylation sites is 2. The van der Waals surface area contributed by atoms with Crippen molar-refractivity contribution < 1.29 is 9.53 Å². The zero-order valence-corrected chi connectivity index (χ0v) is 14.9. The molecule has 4 rings (SSSR count). The SMILES string of the molecule is Cc1cccc2[nH]cc(CC(=O)Nc3ccccc3N3CCOCC3)c12. The van der Waals surface area contributed by atoms with E-state index in [9.17, 15) is 4.79 Å². The van der Waals surface area contributed by atoms with E-state index in [4.69, 9.17) is 4.74 Å². The Hall–Kier alpha value is -2.79. The Kier molecular flexibility index (Phi) is 4.63. The molecule has 0 bridgehead atoms. The molecular formula is C21H23N3O2. The van der Waals surface area contributed by atoms with Gasteiger partial charge in [0.15, 0.2) is 0 Å². The molecule has 1 aliphatic heterocycles. The average molecular weight is 349 g/mol. The second-order valence-electron chi connectivity index (χ2n) is 6.65. The first-order valence-electron chi connectivity index (χ1n) is 8.99. The van der Waals surface area contributed by atoms with Crippen LogP contribution >= 0.6 is 0 Å². The number of benzene rings is 2. The molecule has 0 aliphatic carbocycles. The topological polar surface area (TPSA) is 57.4 Å². The number of fused-ring (bicyclic) bond motifs is 1. The van der Waals surface area contributed by atoms with Gasteiger partial charge >= 0.3 is 0 Å². The van der Waals surface area contributed by atoms with Crippen LogP contribution in [0.1, 0.15) is 11.1 Å². The molecule has 1 aromatic heterocycles. The number of nitrogens with one attached hydrogen (secondary N) is 2. The number of anilines is 2. The lowest BCUT2D eigenvalue weighted by atomic mass is 10.1. The third kappa shape index (κ3) is 3.30. The number of aromatic amines is 1. The summed E-state index contributed by atoms with van der Waals surface area (Å²) in [5.41, 5.74) is 5.19. The van der Waals surface area contributed by atoms with Crippen molar-refractivity contribution in [1.82, 2.24) is 4.98 Å². The van der Waals surface area contributed by atoms with Crippen LogP contribution in [-0.4, -0.2) is 37.2 Å². The molecule has 1 saturated heterocycles. The first kappa shape index (κ1) is 16.7. The molecule has 5 heteroatoms. The van der Waals surface area contributed by atoms with Gasteiger partial charge in [0.1, 0.15) is 0 Å². The highest BCUT2D eigenvalue weighted by Crippen LogP contribution is 2.27. The minimum atomic E-state index is -0.00476. The fourth-order valence-electron chi connectivity index (χ4n) is 3.62. The lowest BCUT2D eigenvalue weighted by Crippen LogP contribution is -2.36. The zero-order chi connectivity index (χ0) is 17.9. The third-order valence-electron chi connectivity index (χ3n) is 4.88. The average Bonchev–Trinajstić information content (AvgIpc) is 3.07. The predicted octanol–water partition coefficient (Wildman–Crippen LogP) is 3.49. The van der Waals surface area contributed by atoms with Gasteiger partial charge in [0.25, 0.3) is 0 Å². The van der Waals surface area contributed by atoms with Crippen LogP contribution in [0.5, 0.6) is 0 Å². The van der Waals surface area contributed by atoms with Crippen LogP contribution in [0.25, 0.3) is 10.9 Å². The van der Waals surface area contributed by atoms with Crippen LogP contribution in [0.2, 0.25) is 0 Å². The van der Waals surface area contributed by atoms with Crippen molar-refractivity contribution in [2.24, 2.45) is 0 Å². The molecule has 0 spiro atoms. The third-order valence-corrected chi connectivity index (χ3v) is 4.88. The number of aromatic nitrogens is 1. The number of hydrogen-bond acceptors (Lipinski definition) is 3. The summed E-state index contributed by atoms with van der Waals surface area (Å²) in [4.78, 5) is 18.2. The van der Waals surface area contributed by atoms with Gasteiger partial charge < -0.3 is 19.9 Å². The van der Waals surface area contributed by atoms with Gasteiger partial charge in [0.2, 0.25) is 5.91 Å². The lowest BCUT2D eigenvalue weighted by molar-refractivity contribution is -0.115. The van der Waals surface area contributed by atoms with Crippen molar-refractivity contribution in [3.05, 3.63) is 59.8 Å². The molecule has 26 heavy (non-hydrogen) atoms. The molecule has 0 saturated carbocycles. The fourth-order valence-corrected chi connectivity index (χ4v) is 3.62. The normalized spacial score (nSPS) is 14.6. The van der Waals surface area contributed by atoms with Crippen molar-refractivity contribution >= 4 is 28.2 Å². The summed E-state index contributed by atoms with van der Waals surface area (Å²) in [5.74, 6) is -0.00476. The van der Waals surface area contributed by atoms with E-state index in [2.05, 4.69) is 34.3 Å². The van der Waals surface area contributed by atoms with E-state index >= 15 is 0 Å². The van der Waals surface area contributed by atoms with Crippen LogP contribution in [0.15, 0.2) is 48.7 Å². The van der Waals surface area contributed by atoms with Gasteiger partial charge in [0.05, 0.1) is 31.0 Å². The Balaban J connectivity index is 1.53. The quantitative estimate of drug-likeness (QED) is 0.758. The van der Waals surface area contributed by atoms with E-state index in [0.717, 1.165) is 54.1 Å². The molecule has 2 heterocycles. The largest absolute Gasteiger partial charge is 0.378 e. The standard InChI is InChI=1S/C21H23N3O2/c1-15-5-4-7-18-21(15)16(14-22-18)13-20(25)23-17-6-2-3-8-19(17)24-9-11-26-12-10-24/h2-8,14,22H,9-13H2,1H3,(H,23,25). The van der Waals surface area contributed by atoms with Gasteiger partial charge in [-0.15, -0.1) is 0 Å². The van der Waals surface area contributed by atoms with E-state index < -0.39 is 0 Å². The van der Waals surface area contributed by atoms with Crippen LogP contribution in [0.4, 0.5) is 11.4 Å². The number of amides is 1. The van der Waals surface area contributed by atoms with Crippen LogP contribution in [0.3, 0.4) is 0 Å². The summed E-state index contributed by atoms with van der Waals surface area (Å²) in [7, 11) is 0. The molecular weight excluding hydrogens is 326 g/mol. The maximum atomic E-state index is 12.7. The molecule has 0 atom stereocenters. The molecule has 0 unspecified atom stereocenters. The smallest absolute Gasteiger partial charge is 0.228 e. The monoisotopic (exact) mass is 349 g/mol. The Morgan fingerprint density at radius 1 is 1.15 bits per heavy atom. The highest BCUT2D eigenvalue weighted by atomic mass is 16.5. The maximum absolute atomic E-state index is 12.7. The molecule has 134 valence electrons. The van der Waals surface area contributed by atoms with E-state index in [-0.39, 0.29) is 5.91 Å². The molecule has 3 aromatic rings. The van der Waals surface area contributed by atoms with Crippen molar-refractivity contribution in [3.8, 4) is 0 Å². The van der Waals surface area contributed by atoms with Gasteiger partial charge in [-0.3, -0.25) is 4.79 Å². The van der Waals surface area contributed by atoms with Crippen molar-refractivity contribution in [3.63, 3.8) is 0 Å². The number of carbonyl (C=O) groups is 1. The fraction of sp³-hybridized carbons (Fsp3) is 0.286. The number of rotatable bonds is 4. The second kappa shape index (κ2) is 7.22. The van der Waals surface area contributed by atoms with E-state index in [1.54, 1.807) is 0 Å². The Morgan fingerprint density at radius 3 is 2.81 bits per heavy atom. The van der Waals surface area contributed by atoms with Crippen molar-refractivity contribution in [1.29, 1.82) is 0 Å². The first-order chi connectivity index (χ1) is 12.7. The number of ether oxygens (including phenoxy) is 1. The van der Waals surface area contributed by atoms with E-state index in [1.165, 1.54) is 5.56 Å². The molecule has 0 radical (unpaired) electrons. The molecule has 1 aliphatic rings. The minimum absolute atomic E-state index is 0.00476. The van der Waals surface area contributed by atoms with Gasteiger partial charge in [-0.2, -0.15) is 0 Å². The number of carbonyl (C=O) groups excluding carboxylic acids is 1. The Bertz CT molecular complexity index is 926. The summed E-state index contributed by atoms with van der Waals surface area (Å²) in [6.45, 7) is 5.20. The van der Waals surface area contributed by atoms with Gasteiger partial charge in [-0.05, 0) is 36.2 Å². The summed E-state index contributed by atoms with van der Waals surface area (Å²) >= 11 is 0. The van der Waals surface area contributed by atoms with Crippen LogP contribution in [-0.2, 0) is 16.0 Å². The van der Waals surface area contributed by atoms with Crippen LogP contribution < -0.4 is 10.2 Å². The number of aryl methyl sites for hydroxylation is 1. The number of H-pyrrole nitrogens is 1. The summed E-state index contributed by atoms with van der Waals surface area (Å²) < 4.78 is 5.43. The van der Waals surface area contributed by atoms with Crippen molar-refractivity contribution in [2.75, 3.05) is 36.5 Å². The first-order valence-corrected chi connectivity index (χ1v) is 8.99. The maximum Gasteiger partial charge on any atom is 0.228 e. The predicted molar refractivity (Wildman–Crippen MR) is 105 cm³/mol. The van der Waals surface area contributed by atoms with E-state index in [1.807, 2.05) is 36.5 Å². The molecule has 2 aromatic carbocycles. The summed E-state index contributed by atoms with van der Waals surface area (Å²) in [5, 5.41) is 4.24. The van der Waals surface area contributed by atoms with Gasteiger partial charge in [0, 0.05) is 30.2 Å². The molecule has 5 nitrogen and oxygen atoms in total. The lowest BCUT2D eigenvalue weighted by Gasteiger charge is -2.30. The Labute approximate surface area is 153 Å². The highest BCUT2D eigenvalue weighted by Gasteiger charge is 2.16. The number of morpholine rings is 1. The highest BCUT2D eigenvalue weighted by molar-refractivity contribution is 5.98. The minimum Gasteiger partial charge on any atom is -0.378 e. The number of hydrogen-bond donors (Lipinski definition) is 2. The zero-order valence-electron chi connectivity index (χ0n) is 14.9. The molecule has 1 fully saturated rings. The second-order valence-corrected chi connectivity index (χ2v) is 6.65. The van der Waals surface area contributed by atoms with Gasteiger partial charge in [-0.1, -0.05) is 24.3 Å². The molecule has 1 amide bonds.